The third-order valence-corrected chi connectivity index (χ3v) is 4.22. The van der Waals surface area contributed by atoms with Gasteiger partial charge in [-0.05, 0) is 47.0 Å². The largest absolute Gasteiger partial charge is 0.492 e. The van der Waals surface area contributed by atoms with Crippen LogP contribution in [0, 0.1) is 3.57 Å². The Kier molecular flexibility index (Phi) is 6.31. The number of pyridine rings is 1. The van der Waals surface area contributed by atoms with Crippen LogP contribution in [-0.2, 0) is 0 Å². The van der Waals surface area contributed by atoms with Crippen molar-refractivity contribution in [2.75, 3.05) is 19.4 Å². The molecule has 0 fully saturated rings. The van der Waals surface area contributed by atoms with Crippen molar-refractivity contribution in [1.82, 2.24) is 10.3 Å². The summed E-state index contributed by atoms with van der Waals surface area (Å²) in [6.45, 7) is 0.886. The number of hydrogen-bond donors (Lipinski definition) is 1. The fourth-order valence-corrected chi connectivity index (χ4v) is 2.92. The van der Waals surface area contributed by atoms with E-state index < -0.39 is 0 Å². The molecule has 0 aliphatic heterocycles. The van der Waals surface area contributed by atoms with Gasteiger partial charge in [-0.15, -0.1) is 11.8 Å². The van der Waals surface area contributed by atoms with Gasteiger partial charge in [0.05, 0.1) is 17.1 Å². The molecule has 2 aromatic rings. The summed E-state index contributed by atoms with van der Waals surface area (Å²) in [6.07, 6.45) is 3.57. The molecule has 1 amide bonds. The van der Waals surface area contributed by atoms with Crippen molar-refractivity contribution in [3.63, 3.8) is 0 Å². The van der Waals surface area contributed by atoms with Crippen molar-refractivity contribution < 1.29 is 9.53 Å². The number of ether oxygens (including phenoxy) is 1. The number of nitrogens with zero attached hydrogens (tertiary/aromatic N) is 1. The molecule has 0 radical (unpaired) electrons. The lowest BCUT2D eigenvalue weighted by atomic mass is 10.3. The zero-order valence-corrected chi connectivity index (χ0v) is 14.5. The molecule has 0 saturated carbocycles. The van der Waals surface area contributed by atoms with Crippen LogP contribution in [0.15, 0.2) is 47.6 Å². The average molecular weight is 414 g/mol. The molecule has 0 unspecified atom stereocenters. The van der Waals surface area contributed by atoms with Crippen LogP contribution in [-0.4, -0.2) is 30.3 Å². The van der Waals surface area contributed by atoms with Crippen LogP contribution >= 0.6 is 34.4 Å². The lowest BCUT2D eigenvalue weighted by Crippen LogP contribution is -2.28. The molecule has 0 atom stereocenters. The molecule has 0 bridgehead atoms. The highest BCUT2D eigenvalue weighted by Gasteiger charge is 2.10. The van der Waals surface area contributed by atoms with Crippen molar-refractivity contribution in [3.8, 4) is 5.75 Å². The molecule has 0 aliphatic carbocycles. The van der Waals surface area contributed by atoms with Gasteiger partial charge in [-0.1, -0.05) is 18.2 Å². The molecule has 1 aromatic carbocycles. The van der Waals surface area contributed by atoms with Crippen LogP contribution in [0.4, 0.5) is 0 Å². The first-order valence-corrected chi connectivity index (χ1v) is 8.66. The molecule has 4 nitrogen and oxygen atoms in total. The van der Waals surface area contributed by atoms with Gasteiger partial charge >= 0.3 is 0 Å². The molecule has 2 rings (SSSR count). The van der Waals surface area contributed by atoms with Gasteiger partial charge in [0.15, 0.2) is 0 Å². The maximum absolute atomic E-state index is 12.1. The van der Waals surface area contributed by atoms with Crippen molar-refractivity contribution >= 4 is 40.3 Å². The summed E-state index contributed by atoms with van der Waals surface area (Å²) < 4.78 is 6.42. The molecule has 1 aromatic heterocycles. The molecule has 110 valence electrons. The van der Waals surface area contributed by atoms with E-state index in [9.17, 15) is 4.79 Å². The van der Waals surface area contributed by atoms with Crippen molar-refractivity contribution in [3.05, 3.63) is 51.7 Å². The van der Waals surface area contributed by atoms with Crippen LogP contribution in [0.25, 0.3) is 0 Å². The first-order valence-electron chi connectivity index (χ1n) is 6.36. The van der Waals surface area contributed by atoms with Crippen molar-refractivity contribution in [2.45, 2.75) is 5.03 Å². The SMILES string of the molecule is CSc1cc(I)c(C(=O)NCCOc2ccccc2)cn1. The number of halogens is 1. The Labute approximate surface area is 141 Å². The number of carbonyl (C=O) groups excluding carboxylic acids is 1. The van der Waals surface area contributed by atoms with Gasteiger partial charge in [-0.2, -0.15) is 0 Å². The maximum atomic E-state index is 12.1. The third kappa shape index (κ3) is 4.89. The summed E-state index contributed by atoms with van der Waals surface area (Å²) in [5.41, 5.74) is 0.591. The second-order valence-electron chi connectivity index (χ2n) is 4.12. The highest BCUT2D eigenvalue weighted by atomic mass is 127. The molecule has 6 heteroatoms. The van der Waals surface area contributed by atoms with Gasteiger partial charge in [0.25, 0.3) is 5.91 Å². The minimum absolute atomic E-state index is 0.129. The summed E-state index contributed by atoms with van der Waals surface area (Å²) in [5, 5.41) is 3.74. The second-order valence-corrected chi connectivity index (χ2v) is 6.11. The van der Waals surface area contributed by atoms with E-state index in [-0.39, 0.29) is 5.91 Å². The zero-order valence-electron chi connectivity index (χ0n) is 11.5. The molecule has 0 aliphatic rings. The first kappa shape index (κ1) is 16.1. The second kappa shape index (κ2) is 8.23. The average Bonchev–Trinajstić information content (AvgIpc) is 2.52. The number of rotatable bonds is 6. The molecule has 1 heterocycles. The Morgan fingerprint density at radius 1 is 1.38 bits per heavy atom. The van der Waals surface area contributed by atoms with Gasteiger partial charge in [0, 0.05) is 9.77 Å². The lowest BCUT2D eigenvalue weighted by molar-refractivity contribution is 0.0945. The van der Waals surface area contributed by atoms with E-state index in [1.165, 1.54) is 0 Å². The van der Waals surface area contributed by atoms with E-state index >= 15 is 0 Å². The number of thioether (sulfide) groups is 1. The number of aromatic nitrogens is 1. The van der Waals surface area contributed by atoms with Crippen LogP contribution in [0.2, 0.25) is 0 Å². The molecule has 21 heavy (non-hydrogen) atoms. The predicted molar refractivity (Wildman–Crippen MR) is 93.0 cm³/mol. The Morgan fingerprint density at radius 2 is 2.14 bits per heavy atom. The van der Waals surface area contributed by atoms with E-state index in [1.807, 2.05) is 42.7 Å². The summed E-state index contributed by atoms with van der Waals surface area (Å²) in [6, 6.07) is 11.4. The lowest BCUT2D eigenvalue weighted by Gasteiger charge is -2.09. The standard InChI is InChI=1S/C15H15IN2O2S/c1-21-14-9-13(16)12(10-18-14)15(19)17-7-8-20-11-5-3-2-4-6-11/h2-6,9-10H,7-8H2,1H3,(H,17,19). The zero-order chi connectivity index (χ0) is 15.1. The monoisotopic (exact) mass is 414 g/mol. The van der Waals surface area contributed by atoms with E-state index in [4.69, 9.17) is 4.74 Å². The number of hydrogen-bond acceptors (Lipinski definition) is 4. The third-order valence-electron chi connectivity index (χ3n) is 2.68. The van der Waals surface area contributed by atoms with Gasteiger partial charge in [-0.3, -0.25) is 4.79 Å². The molecular formula is C15H15IN2O2S. The van der Waals surface area contributed by atoms with Crippen LogP contribution < -0.4 is 10.1 Å². The minimum atomic E-state index is -0.129. The molecule has 0 saturated heterocycles. The summed E-state index contributed by atoms with van der Waals surface area (Å²) >= 11 is 3.70. The van der Waals surface area contributed by atoms with Crippen molar-refractivity contribution in [1.29, 1.82) is 0 Å². The quantitative estimate of drug-likeness (QED) is 0.448. The molecule has 0 spiro atoms. The van der Waals surface area contributed by atoms with Gasteiger partial charge in [0.1, 0.15) is 12.4 Å². The Balaban J connectivity index is 1.82. The first-order chi connectivity index (χ1) is 10.2. The number of para-hydroxylation sites is 1. The van der Waals surface area contributed by atoms with Gasteiger partial charge in [-0.25, -0.2) is 4.98 Å². The van der Waals surface area contributed by atoms with Crippen LogP contribution in [0.3, 0.4) is 0 Å². The normalized spacial score (nSPS) is 10.2. The molecule has 1 N–H and O–H groups in total. The van der Waals surface area contributed by atoms with E-state index in [2.05, 4.69) is 32.9 Å². The minimum Gasteiger partial charge on any atom is -0.492 e. The van der Waals surface area contributed by atoms with Crippen LogP contribution in [0.5, 0.6) is 5.75 Å². The fraction of sp³-hybridized carbons (Fsp3) is 0.200. The Hall–Kier alpha value is -1.28. The Bertz CT molecular complexity index is 608. The van der Waals surface area contributed by atoms with E-state index in [1.54, 1.807) is 18.0 Å². The van der Waals surface area contributed by atoms with Gasteiger partial charge < -0.3 is 10.1 Å². The highest BCUT2D eigenvalue weighted by Crippen LogP contribution is 2.18. The number of carbonyl (C=O) groups is 1. The smallest absolute Gasteiger partial charge is 0.254 e. The predicted octanol–water partition coefficient (Wildman–Crippen LogP) is 3.22. The summed E-state index contributed by atoms with van der Waals surface area (Å²) in [4.78, 5) is 16.3. The number of amides is 1. The van der Waals surface area contributed by atoms with Crippen LogP contribution in [0.1, 0.15) is 10.4 Å². The van der Waals surface area contributed by atoms with Gasteiger partial charge in [0.2, 0.25) is 0 Å². The van der Waals surface area contributed by atoms with E-state index in [0.29, 0.717) is 18.7 Å². The number of benzene rings is 1. The summed E-state index contributed by atoms with van der Waals surface area (Å²) in [5.74, 6) is 0.670. The maximum Gasteiger partial charge on any atom is 0.254 e. The fourth-order valence-electron chi connectivity index (χ4n) is 1.64. The topological polar surface area (TPSA) is 51.2 Å². The van der Waals surface area contributed by atoms with E-state index in [0.717, 1.165) is 14.3 Å². The molecular weight excluding hydrogens is 399 g/mol. The van der Waals surface area contributed by atoms with Crippen molar-refractivity contribution in [2.24, 2.45) is 0 Å². The summed E-state index contributed by atoms with van der Waals surface area (Å²) in [7, 11) is 0. The highest BCUT2D eigenvalue weighted by molar-refractivity contribution is 14.1. The number of nitrogens with one attached hydrogen (secondary N) is 1. The Morgan fingerprint density at radius 3 is 2.81 bits per heavy atom.